The fourth-order valence-electron chi connectivity index (χ4n) is 1.66. The molecule has 0 fully saturated rings. The van der Waals surface area contributed by atoms with Gasteiger partial charge in [0.2, 0.25) is 0 Å². The quantitative estimate of drug-likeness (QED) is 0.755. The van der Waals surface area contributed by atoms with Crippen LogP contribution >= 0.6 is 0 Å². The number of pyridine rings is 1. The molecule has 0 radical (unpaired) electrons. The molecule has 0 aromatic carbocycles. The van der Waals surface area contributed by atoms with E-state index < -0.39 is 5.82 Å². The summed E-state index contributed by atoms with van der Waals surface area (Å²) in [6, 6.07) is 1.37. The number of Topliss-reactive ketones (excluding diaryl/α,β-unsaturated/α-hetero) is 1. The summed E-state index contributed by atoms with van der Waals surface area (Å²) in [5.74, 6) is -0.373. The van der Waals surface area contributed by atoms with Gasteiger partial charge in [0.15, 0.2) is 11.6 Å². The van der Waals surface area contributed by atoms with Crippen LogP contribution in [0, 0.1) is 5.82 Å². The minimum atomic E-state index is -0.607. The molecular formula is C12H13FN4O. The molecule has 2 rings (SSSR count). The Morgan fingerprint density at radius 2 is 2.33 bits per heavy atom. The predicted molar refractivity (Wildman–Crippen MR) is 62.5 cm³/mol. The molecule has 0 amide bonds. The molecule has 18 heavy (non-hydrogen) atoms. The second-order valence-electron chi connectivity index (χ2n) is 3.85. The number of nitrogens with zero attached hydrogens (tertiary/aromatic N) is 4. The lowest BCUT2D eigenvalue weighted by Crippen LogP contribution is -2.12. The first-order valence-electron chi connectivity index (χ1n) is 5.71. The number of carbonyl (C=O) groups excluding carboxylic acids is 1. The summed E-state index contributed by atoms with van der Waals surface area (Å²) in [5.41, 5.74) is 0.0380. The summed E-state index contributed by atoms with van der Waals surface area (Å²) in [4.78, 5) is 19.6. The van der Waals surface area contributed by atoms with Gasteiger partial charge in [-0.15, -0.1) is 0 Å². The van der Waals surface area contributed by atoms with Crippen LogP contribution in [0.4, 0.5) is 4.39 Å². The summed E-state index contributed by atoms with van der Waals surface area (Å²) >= 11 is 0. The van der Waals surface area contributed by atoms with Gasteiger partial charge in [0.25, 0.3) is 0 Å². The van der Waals surface area contributed by atoms with Crippen molar-refractivity contribution >= 4 is 5.78 Å². The number of rotatable bonds is 5. The molecule has 94 valence electrons. The third-order valence-corrected chi connectivity index (χ3v) is 2.52. The molecule has 0 saturated carbocycles. The average molecular weight is 248 g/mol. The van der Waals surface area contributed by atoms with Gasteiger partial charge < -0.3 is 0 Å². The lowest BCUT2D eigenvalue weighted by Gasteiger charge is -2.04. The second-order valence-corrected chi connectivity index (χ2v) is 3.85. The molecule has 0 aliphatic carbocycles. The molecule has 0 unspecified atom stereocenters. The third kappa shape index (κ3) is 2.58. The highest BCUT2D eigenvalue weighted by atomic mass is 19.1. The van der Waals surface area contributed by atoms with E-state index in [9.17, 15) is 9.18 Å². The summed E-state index contributed by atoms with van der Waals surface area (Å²) in [7, 11) is 0. The minimum Gasteiger partial charge on any atom is -0.294 e. The van der Waals surface area contributed by atoms with Gasteiger partial charge in [-0.05, 0) is 12.5 Å². The van der Waals surface area contributed by atoms with E-state index in [2.05, 4.69) is 15.1 Å². The Hall–Kier alpha value is -2.11. The number of hydrogen-bond acceptors (Lipinski definition) is 4. The van der Waals surface area contributed by atoms with Crippen molar-refractivity contribution in [3.8, 4) is 0 Å². The predicted octanol–water partition coefficient (Wildman–Crippen LogP) is 1.65. The van der Waals surface area contributed by atoms with Crippen molar-refractivity contribution in [1.29, 1.82) is 0 Å². The highest BCUT2D eigenvalue weighted by Gasteiger charge is 2.15. The van der Waals surface area contributed by atoms with Gasteiger partial charge in [-0.25, -0.2) is 14.1 Å². The average Bonchev–Trinajstić information content (AvgIpc) is 2.78. The Morgan fingerprint density at radius 1 is 1.50 bits per heavy atom. The fraction of sp³-hybridized carbons (Fsp3) is 0.333. The molecule has 2 aromatic heterocycles. The van der Waals surface area contributed by atoms with Crippen LogP contribution in [0.2, 0.25) is 0 Å². The van der Waals surface area contributed by atoms with Crippen LogP contribution in [0.5, 0.6) is 0 Å². The molecule has 0 spiro atoms. The molecular weight excluding hydrogens is 235 g/mol. The van der Waals surface area contributed by atoms with Gasteiger partial charge >= 0.3 is 0 Å². The molecule has 0 aliphatic rings. The Morgan fingerprint density at radius 3 is 3.06 bits per heavy atom. The van der Waals surface area contributed by atoms with Gasteiger partial charge in [0.05, 0.1) is 18.2 Å². The summed E-state index contributed by atoms with van der Waals surface area (Å²) in [6.07, 6.45) is 4.77. The monoisotopic (exact) mass is 248 g/mol. The van der Waals surface area contributed by atoms with Crippen molar-refractivity contribution in [2.24, 2.45) is 0 Å². The van der Waals surface area contributed by atoms with E-state index in [0.29, 0.717) is 12.4 Å². The van der Waals surface area contributed by atoms with Crippen LogP contribution < -0.4 is 0 Å². The Labute approximate surface area is 104 Å². The smallest absolute Gasteiger partial charge is 0.173 e. The topological polar surface area (TPSA) is 60.7 Å². The Kier molecular flexibility index (Phi) is 3.76. The lowest BCUT2D eigenvalue weighted by atomic mass is 10.1. The van der Waals surface area contributed by atoms with Crippen molar-refractivity contribution in [2.45, 2.75) is 26.3 Å². The number of aryl methyl sites for hydroxylation is 1. The van der Waals surface area contributed by atoms with E-state index >= 15 is 0 Å². The fourth-order valence-corrected chi connectivity index (χ4v) is 1.66. The Balaban J connectivity index is 2.17. The van der Waals surface area contributed by atoms with E-state index in [0.717, 1.165) is 12.6 Å². The maximum Gasteiger partial charge on any atom is 0.173 e. The summed E-state index contributed by atoms with van der Waals surface area (Å²) in [6.45, 7) is 2.71. The van der Waals surface area contributed by atoms with Crippen LogP contribution in [-0.2, 0) is 13.0 Å². The van der Waals surface area contributed by atoms with Gasteiger partial charge in [-0.3, -0.25) is 9.78 Å². The van der Waals surface area contributed by atoms with E-state index in [1.807, 2.05) is 6.92 Å². The first-order chi connectivity index (χ1) is 8.72. The van der Waals surface area contributed by atoms with E-state index in [1.165, 1.54) is 18.6 Å². The third-order valence-electron chi connectivity index (χ3n) is 2.52. The van der Waals surface area contributed by atoms with Gasteiger partial charge in [-0.2, -0.15) is 5.10 Å². The van der Waals surface area contributed by atoms with Crippen LogP contribution in [-0.4, -0.2) is 25.5 Å². The normalized spacial score (nSPS) is 10.6. The van der Waals surface area contributed by atoms with E-state index in [-0.39, 0.29) is 17.8 Å². The second kappa shape index (κ2) is 5.48. The zero-order valence-corrected chi connectivity index (χ0v) is 10.0. The first-order valence-corrected chi connectivity index (χ1v) is 5.71. The summed E-state index contributed by atoms with van der Waals surface area (Å²) in [5, 5.41) is 4.02. The van der Waals surface area contributed by atoms with E-state index in [4.69, 9.17) is 0 Å². The molecule has 5 nitrogen and oxygen atoms in total. The molecule has 0 saturated heterocycles. The van der Waals surface area contributed by atoms with Crippen molar-refractivity contribution in [3.63, 3.8) is 0 Å². The number of aromatic nitrogens is 4. The largest absolute Gasteiger partial charge is 0.294 e. The van der Waals surface area contributed by atoms with Crippen LogP contribution in [0.15, 0.2) is 24.8 Å². The zero-order valence-electron chi connectivity index (χ0n) is 10.0. The maximum atomic E-state index is 13.4. The molecule has 0 atom stereocenters. The summed E-state index contributed by atoms with van der Waals surface area (Å²) < 4.78 is 15.1. The molecule has 2 heterocycles. The Bertz CT molecular complexity index is 553. The highest BCUT2D eigenvalue weighted by molar-refractivity contribution is 5.97. The zero-order chi connectivity index (χ0) is 13.0. The molecule has 0 aliphatic heterocycles. The molecule has 6 heteroatoms. The lowest BCUT2D eigenvalue weighted by molar-refractivity contribution is 0.0985. The number of hydrogen-bond donors (Lipinski definition) is 0. The molecule has 0 N–H and O–H groups in total. The van der Waals surface area contributed by atoms with Crippen molar-refractivity contribution in [3.05, 3.63) is 42.0 Å². The van der Waals surface area contributed by atoms with Crippen molar-refractivity contribution in [1.82, 2.24) is 19.7 Å². The van der Waals surface area contributed by atoms with Crippen LogP contribution in [0.25, 0.3) is 0 Å². The highest BCUT2D eigenvalue weighted by Crippen LogP contribution is 2.09. The standard InChI is InChI=1S/C12H13FN4O/c1-2-5-17-12(15-8-16-17)6-11(18)9-3-4-14-7-10(9)13/h3-4,7-8H,2,5-6H2,1H3. The van der Waals surface area contributed by atoms with Gasteiger partial charge in [0, 0.05) is 12.7 Å². The minimum absolute atomic E-state index is 0.0380. The van der Waals surface area contributed by atoms with Crippen LogP contribution in [0.3, 0.4) is 0 Å². The van der Waals surface area contributed by atoms with Gasteiger partial charge in [-0.1, -0.05) is 6.92 Å². The molecule has 2 aromatic rings. The SMILES string of the molecule is CCCn1ncnc1CC(=O)c1ccncc1F. The van der Waals surface area contributed by atoms with Crippen LogP contribution in [0.1, 0.15) is 29.5 Å². The first kappa shape index (κ1) is 12.3. The molecule has 0 bridgehead atoms. The number of halogens is 1. The number of carbonyl (C=O) groups is 1. The van der Waals surface area contributed by atoms with E-state index in [1.54, 1.807) is 4.68 Å². The number of ketones is 1. The van der Waals surface area contributed by atoms with Crippen molar-refractivity contribution in [2.75, 3.05) is 0 Å². The van der Waals surface area contributed by atoms with Gasteiger partial charge in [0.1, 0.15) is 12.2 Å². The van der Waals surface area contributed by atoms with Crippen molar-refractivity contribution < 1.29 is 9.18 Å². The maximum absolute atomic E-state index is 13.4.